The average Bonchev–Trinajstić information content (AvgIpc) is 2.94. The Kier molecular flexibility index (Phi) is 6.54. The van der Waals surface area contributed by atoms with E-state index in [-0.39, 0.29) is 29.1 Å². The van der Waals surface area contributed by atoms with Gasteiger partial charge in [0.25, 0.3) is 11.8 Å². The van der Waals surface area contributed by atoms with Gasteiger partial charge < -0.3 is 25.5 Å². The van der Waals surface area contributed by atoms with Crippen LogP contribution in [0.5, 0.6) is 0 Å². The topological polar surface area (TPSA) is 141 Å². The van der Waals surface area contributed by atoms with Gasteiger partial charge in [-0.25, -0.2) is 9.59 Å². The van der Waals surface area contributed by atoms with Crippen molar-refractivity contribution < 1.29 is 28.7 Å². The smallest absolute Gasteiger partial charge is 0.355 e. The van der Waals surface area contributed by atoms with Gasteiger partial charge in [-0.2, -0.15) is 0 Å². The molecule has 0 aliphatic carbocycles. The Morgan fingerprint density at radius 3 is 2.39 bits per heavy atom. The number of aromatic amines is 1. The number of nitrogens with one attached hydrogen (secondary N) is 2. The lowest BCUT2D eigenvalue weighted by molar-refractivity contribution is -0.119. The highest BCUT2D eigenvalue weighted by atomic mass is 16.5. The normalized spacial score (nSPS) is 10.2. The van der Waals surface area contributed by atoms with Gasteiger partial charge in [0.05, 0.1) is 23.4 Å². The molecular formula is C19H21N3O6. The van der Waals surface area contributed by atoms with Crippen molar-refractivity contribution in [3.8, 4) is 0 Å². The number of ether oxygens (including phenoxy) is 2. The van der Waals surface area contributed by atoms with Crippen molar-refractivity contribution in [1.82, 2.24) is 4.98 Å². The minimum absolute atomic E-state index is 0.138. The SMILES string of the molecule is CCOC(=O)c1[nH]c(C)c(C(=O)OCC(=O)Nc2ccccc2C(N)=O)c1C. The number of para-hydroxylation sites is 1. The first-order valence-corrected chi connectivity index (χ1v) is 8.48. The van der Waals surface area contributed by atoms with Crippen molar-refractivity contribution in [2.45, 2.75) is 20.8 Å². The number of hydrogen-bond acceptors (Lipinski definition) is 6. The molecule has 0 bridgehead atoms. The van der Waals surface area contributed by atoms with Crippen LogP contribution >= 0.6 is 0 Å². The molecule has 9 nitrogen and oxygen atoms in total. The van der Waals surface area contributed by atoms with Gasteiger partial charge in [-0.3, -0.25) is 9.59 Å². The summed E-state index contributed by atoms with van der Waals surface area (Å²) in [5.74, 6) is -2.68. The maximum atomic E-state index is 12.4. The first kappa shape index (κ1) is 20.7. The van der Waals surface area contributed by atoms with E-state index < -0.39 is 30.4 Å². The fourth-order valence-electron chi connectivity index (χ4n) is 2.66. The highest BCUT2D eigenvalue weighted by Crippen LogP contribution is 2.20. The van der Waals surface area contributed by atoms with Crippen LogP contribution in [0.15, 0.2) is 24.3 Å². The molecule has 1 heterocycles. The van der Waals surface area contributed by atoms with Crippen LogP contribution in [0.3, 0.4) is 0 Å². The number of esters is 2. The monoisotopic (exact) mass is 387 g/mol. The van der Waals surface area contributed by atoms with E-state index >= 15 is 0 Å². The molecule has 9 heteroatoms. The number of hydrogen-bond donors (Lipinski definition) is 3. The zero-order chi connectivity index (χ0) is 20.8. The van der Waals surface area contributed by atoms with E-state index in [9.17, 15) is 19.2 Å². The van der Waals surface area contributed by atoms with Crippen molar-refractivity contribution in [3.63, 3.8) is 0 Å². The lowest BCUT2D eigenvalue weighted by atomic mass is 10.1. The summed E-state index contributed by atoms with van der Waals surface area (Å²) in [5.41, 5.74) is 6.72. The summed E-state index contributed by atoms with van der Waals surface area (Å²) in [5, 5.41) is 2.47. The molecule has 28 heavy (non-hydrogen) atoms. The van der Waals surface area contributed by atoms with Crippen LogP contribution in [0, 0.1) is 13.8 Å². The molecule has 0 spiro atoms. The summed E-state index contributed by atoms with van der Waals surface area (Å²) in [6.45, 7) is 4.48. The number of H-pyrrole nitrogens is 1. The second-order valence-electron chi connectivity index (χ2n) is 5.88. The van der Waals surface area contributed by atoms with Crippen LogP contribution in [0.2, 0.25) is 0 Å². The number of primary amides is 1. The van der Waals surface area contributed by atoms with E-state index in [4.69, 9.17) is 15.2 Å². The van der Waals surface area contributed by atoms with E-state index in [1.807, 2.05) is 0 Å². The standard InChI is InChI=1S/C19H21N3O6/c1-4-27-19(26)16-10(2)15(11(3)21-16)18(25)28-9-14(23)22-13-8-6-5-7-12(13)17(20)24/h5-8,21H,4,9H2,1-3H3,(H2,20,24)(H,22,23). The van der Waals surface area contributed by atoms with Gasteiger partial charge in [-0.05, 0) is 38.5 Å². The summed E-state index contributed by atoms with van der Waals surface area (Å²) in [7, 11) is 0. The van der Waals surface area contributed by atoms with Gasteiger partial charge in [0, 0.05) is 5.69 Å². The molecule has 148 valence electrons. The van der Waals surface area contributed by atoms with Crippen molar-refractivity contribution in [1.29, 1.82) is 0 Å². The van der Waals surface area contributed by atoms with Crippen LogP contribution in [-0.2, 0) is 14.3 Å². The van der Waals surface area contributed by atoms with Gasteiger partial charge in [-0.15, -0.1) is 0 Å². The molecule has 2 amide bonds. The predicted molar refractivity (Wildman–Crippen MR) is 100 cm³/mol. The third-order valence-electron chi connectivity index (χ3n) is 3.92. The van der Waals surface area contributed by atoms with Crippen LogP contribution in [0.4, 0.5) is 5.69 Å². The number of benzene rings is 1. The molecule has 0 aliphatic rings. The predicted octanol–water partition coefficient (Wildman–Crippen LogP) is 1.70. The van der Waals surface area contributed by atoms with Crippen molar-refractivity contribution in [2.75, 3.05) is 18.5 Å². The van der Waals surface area contributed by atoms with Crippen LogP contribution < -0.4 is 11.1 Å². The van der Waals surface area contributed by atoms with Gasteiger partial charge in [-0.1, -0.05) is 12.1 Å². The van der Waals surface area contributed by atoms with Crippen LogP contribution in [0.25, 0.3) is 0 Å². The summed E-state index contributed by atoms with van der Waals surface area (Å²) >= 11 is 0. The van der Waals surface area contributed by atoms with E-state index in [0.29, 0.717) is 11.3 Å². The molecular weight excluding hydrogens is 366 g/mol. The molecule has 0 saturated heterocycles. The maximum absolute atomic E-state index is 12.4. The number of amides is 2. The number of rotatable bonds is 7. The molecule has 2 aromatic rings. The van der Waals surface area contributed by atoms with E-state index in [0.717, 1.165) is 0 Å². The molecule has 0 radical (unpaired) electrons. The fraction of sp³-hybridized carbons (Fsp3) is 0.263. The van der Waals surface area contributed by atoms with E-state index in [2.05, 4.69) is 10.3 Å². The maximum Gasteiger partial charge on any atom is 0.355 e. The molecule has 0 saturated carbocycles. The first-order valence-electron chi connectivity index (χ1n) is 8.48. The molecule has 1 aromatic carbocycles. The van der Waals surface area contributed by atoms with Crippen LogP contribution in [-0.4, -0.2) is 42.0 Å². The third-order valence-corrected chi connectivity index (χ3v) is 3.92. The summed E-state index contributed by atoms with van der Waals surface area (Å²) in [6, 6.07) is 6.20. The lowest BCUT2D eigenvalue weighted by Crippen LogP contribution is -2.23. The number of aromatic nitrogens is 1. The largest absolute Gasteiger partial charge is 0.461 e. The number of carbonyl (C=O) groups excluding carboxylic acids is 4. The molecule has 4 N–H and O–H groups in total. The minimum Gasteiger partial charge on any atom is -0.461 e. The first-order chi connectivity index (χ1) is 13.3. The van der Waals surface area contributed by atoms with Gasteiger partial charge in [0.1, 0.15) is 5.69 Å². The highest BCUT2D eigenvalue weighted by Gasteiger charge is 2.24. The third kappa shape index (κ3) is 4.56. The summed E-state index contributed by atoms with van der Waals surface area (Å²) in [4.78, 5) is 50.5. The number of anilines is 1. The van der Waals surface area contributed by atoms with Gasteiger partial charge in [0.2, 0.25) is 0 Å². The summed E-state index contributed by atoms with van der Waals surface area (Å²) in [6.07, 6.45) is 0. The Labute approximate surface area is 161 Å². The molecule has 1 aromatic heterocycles. The van der Waals surface area contributed by atoms with Crippen molar-refractivity contribution >= 4 is 29.4 Å². The number of aryl methyl sites for hydroxylation is 1. The average molecular weight is 387 g/mol. The fourth-order valence-corrected chi connectivity index (χ4v) is 2.66. The molecule has 2 rings (SSSR count). The Hall–Kier alpha value is -3.62. The molecule has 0 aliphatic heterocycles. The van der Waals surface area contributed by atoms with Gasteiger partial charge >= 0.3 is 11.9 Å². The number of carbonyl (C=O) groups is 4. The Morgan fingerprint density at radius 1 is 1.07 bits per heavy atom. The zero-order valence-corrected chi connectivity index (χ0v) is 15.8. The molecule has 0 unspecified atom stereocenters. The second kappa shape index (κ2) is 8.85. The Morgan fingerprint density at radius 2 is 1.75 bits per heavy atom. The molecule has 0 atom stereocenters. The quantitative estimate of drug-likeness (QED) is 0.618. The van der Waals surface area contributed by atoms with Crippen LogP contribution in [0.1, 0.15) is 49.4 Å². The van der Waals surface area contributed by atoms with Crippen molar-refractivity contribution in [2.24, 2.45) is 5.73 Å². The Bertz CT molecular complexity index is 932. The minimum atomic E-state index is -0.764. The lowest BCUT2D eigenvalue weighted by Gasteiger charge is -2.09. The zero-order valence-electron chi connectivity index (χ0n) is 15.8. The molecule has 0 fully saturated rings. The van der Waals surface area contributed by atoms with E-state index in [1.165, 1.54) is 12.1 Å². The highest BCUT2D eigenvalue weighted by molar-refractivity contribution is 6.04. The van der Waals surface area contributed by atoms with Gasteiger partial charge in [0.15, 0.2) is 6.61 Å². The number of nitrogens with two attached hydrogens (primary N) is 1. The Balaban J connectivity index is 2.06. The van der Waals surface area contributed by atoms with Crippen molar-refractivity contribution in [3.05, 3.63) is 52.3 Å². The summed E-state index contributed by atoms with van der Waals surface area (Å²) < 4.78 is 9.97. The van der Waals surface area contributed by atoms with E-state index in [1.54, 1.807) is 32.9 Å². The second-order valence-corrected chi connectivity index (χ2v) is 5.88.